The molecule has 0 aromatic heterocycles. The summed E-state index contributed by atoms with van der Waals surface area (Å²) < 4.78 is 41.6. The summed E-state index contributed by atoms with van der Waals surface area (Å²) in [7, 11) is 3.22. The normalized spacial score (nSPS) is 36.0. The van der Waals surface area contributed by atoms with E-state index in [1.54, 1.807) is 33.0 Å². The molecule has 4 aliphatic rings. The minimum atomic E-state index is -1.59. The molecule has 0 N–H and O–H groups in total. The maximum atomic E-state index is 14.1. The molecule has 9 heteroatoms. The zero-order valence-corrected chi connectivity index (χ0v) is 20.3. The van der Waals surface area contributed by atoms with Crippen LogP contribution in [-0.4, -0.2) is 73.9 Å². The van der Waals surface area contributed by atoms with E-state index < -0.39 is 35.7 Å². The summed E-state index contributed by atoms with van der Waals surface area (Å²) in [5, 5.41) is 0. The Bertz CT molecular complexity index is 962. The Morgan fingerprint density at radius 1 is 1.03 bits per heavy atom. The van der Waals surface area contributed by atoms with Crippen molar-refractivity contribution in [2.45, 2.75) is 82.8 Å². The second kappa shape index (κ2) is 7.55. The van der Waals surface area contributed by atoms with Crippen molar-refractivity contribution in [1.29, 1.82) is 0 Å². The van der Waals surface area contributed by atoms with Crippen LogP contribution in [0.4, 0.5) is 0 Å². The fourth-order valence-corrected chi connectivity index (χ4v) is 5.44. The Morgan fingerprint density at radius 3 is 2.42 bits per heavy atom. The van der Waals surface area contributed by atoms with E-state index in [9.17, 15) is 4.79 Å². The van der Waals surface area contributed by atoms with Crippen molar-refractivity contribution in [1.82, 2.24) is 4.90 Å². The van der Waals surface area contributed by atoms with E-state index in [0.717, 1.165) is 11.1 Å². The van der Waals surface area contributed by atoms with Crippen LogP contribution in [0.1, 0.15) is 51.8 Å². The van der Waals surface area contributed by atoms with Gasteiger partial charge in [0.25, 0.3) is 11.7 Å². The predicted octanol–water partition coefficient (Wildman–Crippen LogP) is 2.55. The van der Waals surface area contributed by atoms with Crippen LogP contribution in [0.5, 0.6) is 11.5 Å². The summed E-state index contributed by atoms with van der Waals surface area (Å²) in [4.78, 5) is 15.9. The van der Waals surface area contributed by atoms with Crippen LogP contribution in [-0.2, 0) is 34.9 Å². The first kappa shape index (κ1) is 22.9. The number of amides is 1. The molecule has 33 heavy (non-hydrogen) atoms. The van der Waals surface area contributed by atoms with Crippen molar-refractivity contribution in [3.63, 3.8) is 0 Å². The third-order valence-corrected chi connectivity index (χ3v) is 6.93. The second-order valence-corrected chi connectivity index (χ2v) is 9.99. The van der Waals surface area contributed by atoms with Gasteiger partial charge in [-0.1, -0.05) is 0 Å². The number of carbonyl (C=O) groups is 1. The molecule has 0 bridgehead atoms. The van der Waals surface area contributed by atoms with Crippen LogP contribution < -0.4 is 9.47 Å². The molecule has 3 fully saturated rings. The molecule has 4 aliphatic heterocycles. The molecule has 0 aliphatic carbocycles. The number of benzene rings is 1. The highest BCUT2D eigenvalue weighted by atomic mass is 16.9. The maximum absolute atomic E-state index is 14.1. The van der Waals surface area contributed by atoms with Gasteiger partial charge in [0.1, 0.15) is 12.2 Å². The predicted molar refractivity (Wildman–Crippen MR) is 116 cm³/mol. The molecule has 3 saturated heterocycles. The monoisotopic (exact) mass is 463 g/mol. The Morgan fingerprint density at radius 2 is 1.73 bits per heavy atom. The topological polar surface area (TPSA) is 84.9 Å². The van der Waals surface area contributed by atoms with Gasteiger partial charge in [-0.05, 0) is 64.3 Å². The van der Waals surface area contributed by atoms with Gasteiger partial charge in [0.05, 0.1) is 26.9 Å². The molecule has 1 amide bonds. The summed E-state index contributed by atoms with van der Waals surface area (Å²) in [5.41, 5.74) is 2.14. The van der Waals surface area contributed by atoms with Gasteiger partial charge in [-0.3, -0.25) is 4.79 Å². The first-order valence-corrected chi connectivity index (χ1v) is 11.4. The molecular weight excluding hydrogens is 430 g/mol. The standard InChI is InChI=1S/C24H33NO8/c1-13-15-11-17(28-7)16(27-6)10-14(15)8-9-25(13)21(26)24-20(32-23(4,5)33-24)19-18(30-24)12-29-22(2,3)31-19/h10-11,13,18-20H,8-9,12H2,1-7H3/t13-,18+,19-,20+,24-/m1/s1. The average molecular weight is 464 g/mol. The molecule has 0 saturated carbocycles. The summed E-state index contributed by atoms with van der Waals surface area (Å²) >= 11 is 0. The molecule has 182 valence electrons. The van der Waals surface area contributed by atoms with Crippen LogP contribution in [0.2, 0.25) is 0 Å². The summed E-state index contributed by atoms with van der Waals surface area (Å²) in [6.45, 7) is 10.1. The first-order valence-electron chi connectivity index (χ1n) is 11.4. The van der Waals surface area contributed by atoms with Crippen molar-refractivity contribution in [3.05, 3.63) is 23.3 Å². The molecule has 4 heterocycles. The minimum Gasteiger partial charge on any atom is -0.493 e. The lowest BCUT2D eigenvalue weighted by Gasteiger charge is -2.40. The van der Waals surface area contributed by atoms with Crippen molar-refractivity contribution >= 4 is 5.91 Å². The molecule has 5 rings (SSSR count). The van der Waals surface area contributed by atoms with Crippen molar-refractivity contribution in [3.8, 4) is 11.5 Å². The van der Waals surface area contributed by atoms with E-state index in [1.165, 1.54) is 0 Å². The highest BCUT2D eigenvalue weighted by Gasteiger charge is 2.71. The van der Waals surface area contributed by atoms with Gasteiger partial charge >= 0.3 is 0 Å². The molecule has 0 radical (unpaired) electrons. The van der Waals surface area contributed by atoms with Gasteiger partial charge in [-0.25, -0.2) is 0 Å². The van der Waals surface area contributed by atoms with Crippen molar-refractivity contribution in [2.75, 3.05) is 27.4 Å². The van der Waals surface area contributed by atoms with E-state index in [4.69, 9.17) is 33.2 Å². The Balaban J connectivity index is 1.48. The molecule has 0 unspecified atom stereocenters. The number of rotatable bonds is 3. The molecule has 1 aromatic carbocycles. The molecule has 9 nitrogen and oxygen atoms in total. The van der Waals surface area contributed by atoms with Gasteiger partial charge in [-0.15, -0.1) is 0 Å². The van der Waals surface area contributed by atoms with E-state index >= 15 is 0 Å². The fourth-order valence-electron chi connectivity index (χ4n) is 5.44. The van der Waals surface area contributed by atoms with E-state index in [1.807, 2.05) is 32.9 Å². The Labute approximate surface area is 194 Å². The van der Waals surface area contributed by atoms with Crippen molar-refractivity contribution in [2.24, 2.45) is 0 Å². The van der Waals surface area contributed by atoms with E-state index in [2.05, 4.69) is 0 Å². The van der Waals surface area contributed by atoms with Gasteiger partial charge in [-0.2, -0.15) is 0 Å². The Hall–Kier alpha value is -1.91. The third-order valence-electron chi connectivity index (χ3n) is 6.93. The van der Waals surface area contributed by atoms with Crippen LogP contribution in [0.3, 0.4) is 0 Å². The van der Waals surface area contributed by atoms with Crippen LogP contribution in [0, 0.1) is 0 Å². The molecule has 5 atom stereocenters. The number of fused-ring (bicyclic) bond motifs is 4. The average Bonchev–Trinajstić information content (AvgIpc) is 3.20. The number of ether oxygens (including phenoxy) is 7. The highest BCUT2D eigenvalue weighted by molar-refractivity contribution is 5.86. The first-order chi connectivity index (χ1) is 15.5. The molecule has 1 aromatic rings. The SMILES string of the molecule is COc1cc2c(cc1OC)[C@@H](C)N(C(=O)[C@@]13O[C@H]4COC(C)(C)O[C@H]4[C@@H]1OC(C)(C)O3)CC2. The van der Waals surface area contributed by atoms with E-state index in [-0.39, 0.29) is 11.9 Å². The maximum Gasteiger partial charge on any atom is 0.286 e. The lowest BCUT2D eigenvalue weighted by atomic mass is 9.91. The third kappa shape index (κ3) is 3.52. The lowest BCUT2D eigenvalue weighted by molar-refractivity contribution is -0.325. The number of hydrogen-bond acceptors (Lipinski definition) is 8. The van der Waals surface area contributed by atoms with Gasteiger partial charge in [0.15, 0.2) is 29.2 Å². The summed E-state index contributed by atoms with van der Waals surface area (Å²) in [6.07, 6.45) is -0.959. The summed E-state index contributed by atoms with van der Waals surface area (Å²) in [6, 6.07) is 3.71. The van der Waals surface area contributed by atoms with Crippen LogP contribution in [0.25, 0.3) is 0 Å². The fraction of sp³-hybridized carbons (Fsp3) is 0.708. The van der Waals surface area contributed by atoms with Gasteiger partial charge < -0.3 is 38.1 Å². The highest BCUT2D eigenvalue weighted by Crippen LogP contribution is 2.51. The number of carbonyl (C=O) groups excluding carboxylic acids is 1. The van der Waals surface area contributed by atoms with Crippen LogP contribution >= 0.6 is 0 Å². The largest absolute Gasteiger partial charge is 0.493 e. The zero-order chi connectivity index (χ0) is 23.8. The minimum absolute atomic E-state index is 0.219. The van der Waals surface area contributed by atoms with Gasteiger partial charge in [0, 0.05) is 6.54 Å². The molecule has 0 spiro atoms. The van der Waals surface area contributed by atoms with Crippen molar-refractivity contribution < 1.29 is 38.0 Å². The lowest BCUT2D eigenvalue weighted by Crippen LogP contribution is -2.57. The Kier molecular flexibility index (Phi) is 5.23. The summed E-state index contributed by atoms with van der Waals surface area (Å²) in [5.74, 6) is -2.34. The van der Waals surface area contributed by atoms with Crippen LogP contribution in [0.15, 0.2) is 12.1 Å². The number of nitrogens with zero attached hydrogens (tertiary/aromatic N) is 1. The quantitative estimate of drug-likeness (QED) is 0.676. The number of methoxy groups -OCH3 is 2. The van der Waals surface area contributed by atoms with E-state index in [0.29, 0.717) is 31.1 Å². The molecular formula is C24H33NO8. The zero-order valence-electron chi connectivity index (χ0n) is 20.3. The number of hydrogen-bond donors (Lipinski definition) is 0. The second-order valence-electron chi connectivity index (χ2n) is 9.99. The smallest absolute Gasteiger partial charge is 0.286 e. The van der Waals surface area contributed by atoms with Gasteiger partial charge in [0.2, 0.25) is 0 Å².